The van der Waals surface area contributed by atoms with Crippen LogP contribution in [0.2, 0.25) is 4.47 Å². The first-order valence-corrected chi connectivity index (χ1v) is 7.43. The Bertz CT molecular complexity index is 601. The van der Waals surface area contributed by atoms with E-state index in [4.69, 9.17) is 22.1 Å². The Balaban J connectivity index is 1.88. The highest BCUT2D eigenvalue weighted by atomic mass is 35.5. The lowest BCUT2D eigenvalue weighted by Crippen LogP contribution is -2.33. The lowest BCUT2D eigenvalue weighted by molar-refractivity contribution is -0.142. The fourth-order valence-electron chi connectivity index (χ4n) is 1.72. The number of hydrogen-bond acceptors (Lipinski definition) is 6. The summed E-state index contributed by atoms with van der Waals surface area (Å²) in [5, 5.41) is 0. The van der Waals surface area contributed by atoms with E-state index < -0.39 is 12.0 Å². The number of rotatable bonds is 6. The van der Waals surface area contributed by atoms with E-state index in [1.165, 1.54) is 18.4 Å². The predicted molar refractivity (Wildman–Crippen MR) is 81.6 cm³/mol. The second kappa shape index (κ2) is 7.40. The zero-order valence-electron chi connectivity index (χ0n) is 11.4. The van der Waals surface area contributed by atoms with Crippen molar-refractivity contribution in [3.8, 4) is 5.75 Å². The van der Waals surface area contributed by atoms with Crippen molar-refractivity contribution in [1.29, 1.82) is 0 Å². The summed E-state index contributed by atoms with van der Waals surface area (Å²) in [5.74, 6) is 0.312. The van der Waals surface area contributed by atoms with E-state index in [0.29, 0.717) is 17.5 Å². The van der Waals surface area contributed by atoms with Crippen LogP contribution in [0.15, 0.2) is 30.5 Å². The molecular formula is C14H15ClN2O3S. The highest BCUT2D eigenvalue weighted by molar-refractivity contribution is 7.15. The minimum absolute atomic E-state index is 0.419. The molecule has 1 aromatic carbocycles. The minimum atomic E-state index is -0.652. The number of esters is 1. The fourth-order valence-corrected chi connectivity index (χ4v) is 2.61. The molecule has 1 aromatic heterocycles. The molecule has 7 heteroatoms. The second-order valence-electron chi connectivity index (χ2n) is 4.35. The Kier molecular flexibility index (Phi) is 5.55. The summed E-state index contributed by atoms with van der Waals surface area (Å²) in [7, 11) is 1.32. The molecule has 0 saturated carbocycles. The van der Waals surface area contributed by atoms with Crippen LogP contribution in [0.1, 0.15) is 10.4 Å². The van der Waals surface area contributed by atoms with Crippen molar-refractivity contribution < 1.29 is 14.3 Å². The molecule has 2 aromatic rings. The van der Waals surface area contributed by atoms with Gasteiger partial charge in [-0.3, -0.25) is 4.79 Å². The third kappa shape index (κ3) is 4.70. The van der Waals surface area contributed by atoms with Crippen molar-refractivity contribution in [1.82, 2.24) is 4.98 Å². The molecular weight excluding hydrogens is 312 g/mol. The molecule has 2 rings (SSSR count). The quantitative estimate of drug-likeness (QED) is 0.825. The van der Waals surface area contributed by atoms with Gasteiger partial charge in [0.25, 0.3) is 0 Å². The van der Waals surface area contributed by atoms with Crippen LogP contribution in [0.25, 0.3) is 0 Å². The zero-order chi connectivity index (χ0) is 15.2. The van der Waals surface area contributed by atoms with Gasteiger partial charge in [0.05, 0.1) is 12.0 Å². The average molecular weight is 327 g/mol. The maximum Gasteiger partial charge on any atom is 0.322 e. The summed E-state index contributed by atoms with van der Waals surface area (Å²) in [6.07, 6.45) is 2.12. The largest absolute Gasteiger partial charge is 0.488 e. The molecule has 1 heterocycles. The highest BCUT2D eigenvalue weighted by Gasteiger charge is 2.14. The minimum Gasteiger partial charge on any atom is -0.488 e. The third-order valence-corrected chi connectivity index (χ3v) is 3.88. The molecule has 0 aliphatic heterocycles. The molecule has 5 nitrogen and oxygen atoms in total. The van der Waals surface area contributed by atoms with Gasteiger partial charge in [-0.2, -0.15) is 0 Å². The number of benzene rings is 1. The van der Waals surface area contributed by atoms with Crippen LogP contribution in [0.3, 0.4) is 0 Å². The molecule has 0 aliphatic carbocycles. The van der Waals surface area contributed by atoms with Gasteiger partial charge in [0.1, 0.15) is 18.4 Å². The maximum atomic E-state index is 11.3. The van der Waals surface area contributed by atoms with Gasteiger partial charge in [-0.05, 0) is 24.1 Å². The number of hydrogen-bond donors (Lipinski definition) is 1. The second-order valence-corrected chi connectivity index (χ2v) is 6.04. The van der Waals surface area contributed by atoms with Gasteiger partial charge in [0.2, 0.25) is 0 Å². The number of carbonyl (C=O) groups is 1. The standard InChI is InChI=1S/C14H15ClN2O3S/c1-19-13(18)12(16)6-9-2-4-10(5-3-9)20-8-11-7-17-14(15)21-11/h2-5,7,12H,6,8,16H2,1H3. The normalized spacial score (nSPS) is 12.0. The van der Waals surface area contributed by atoms with E-state index in [2.05, 4.69) is 9.72 Å². The SMILES string of the molecule is COC(=O)C(N)Cc1ccc(OCc2cnc(Cl)s2)cc1. The van der Waals surface area contributed by atoms with Gasteiger partial charge >= 0.3 is 5.97 Å². The number of nitrogens with two attached hydrogens (primary N) is 1. The number of thiazole rings is 1. The molecule has 0 fully saturated rings. The van der Waals surface area contributed by atoms with Crippen molar-refractivity contribution >= 4 is 28.9 Å². The molecule has 0 aliphatic rings. The van der Waals surface area contributed by atoms with Crippen LogP contribution in [0, 0.1) is 0 Å². The van der Waals surface area contributed by atoms with Gasteiger partial charge in [-0.15, -0.1) is 11.3 Å². The maximum absolute atomic E-state index is 11.3. The molecule has 1 atom stereocenters. The van der Waals surface area contributed by atoms with Crippen molar-refractivity contribution in [3.63, 3.8) is 0 Å². The van der Waals surface area contributed by atoms with Gasteiger partial charge in [0.15, 0.2) is 4.47 Å². The van der Waals surface area contributed by atoms with Crippen LogP contribution in [0.5, 0.6) is 5.75 Å². The molecule has 0 amide bonds. The van der Waals surface area contributed by atoms with Gasteiger partial charge < -0.3 is 15.2 Å². The highest BCUT2D eigenvalue weighted by Crippen LogP contribution is 2.20. The smallest absolute Gasteiger partial charge is 0.322 e. The van der Waals surface area contributed by atoms with Crippen molar-refractivity contribution in [3.05, 3.63) is 45.4 Å². The Morgan fingerprint density at radius 1 is 1.43 bits per heavy atom. The molecule has 2 N–H and O–H groups in total. The average Bonchev–Trinajstić information content (AvgIpc) is 2.91. The number of halogens is 1. The van der Waals surface area contributed by atoms with Crippen molar-refractivity contribution in [2.45, 2.75) is 19.1 Å². The summed E-state index contributed by atoms with van der Waals surface area (Å²) >= 11 is 7.14. The number of aromatic nitrogens is 1. The Labute approximate surface area is 131 Å². The predicted octanol–water partition coefficient (Wildman–Crippen LogP) is 2.42. The van der Waals surface area contributed by atoms with Crippen LogP contribution >= 0.6 is 22.9 Å². The van der Waals surface area contributed by atoms with E-state index in [9.17, 15) is 4.79 Å². The number of nitrogens with zero attached hydrogens (tertiary/aromatic N) is 1. The zero-order valence-corrected chi connectivity index (χ0v) is 13.0. The van der Waals surface area contributed by atoms with Gasteiger partial charge in [-0.25, -0.2) is 4.98 Å². The van der Waals surface area contributed by atoms with E-state index in [0.717, 1.165) is 16.2 Å². The van der Waals surface area contributed by atoms with Crippen LogP contribution in [-0.4, -0.2) is 24.1 Å². The van der Waals surface area contributed by atoms with Crippen molar-refractivity contribution in [2.24, 2.45) is 5.73 Å². The van der Waals surface area contributed by atoms with Crippen molar-refractivity contribution in [2.75, 3.05) is 7.11 Å². The third-order valence-electron chi connectivity index (χ3n) is 2.79. The van der Waals surface area contributed by atoms with E-state index in [-0.39, 0.29) is 0 Å². The van der Waals surface area contributed by atoms with Crippen LogP contribution < -0.4 is 10.5 Å². The summed E-state index contributed by atoms with van der Waals surface area (Å²) in [5.41, 5.74) is 6.66. The molecule has 0 spiro atoms. The van der Waals surface area contributed by atoms with Crippen LogP contribution in [0.4, 0.5) is 0 Å². The molecule has 0 bridgehead atoms. The lowest BCUT2D eigenvalue weighted by Gasteiger charge is -2.10. The Hall–Kier alpha value is -1.63. The monoisotopic (exact) mass is 326 g/mol. The fraction of sp³-hybridized carbons (Fsp3) is 0.286. The van der Waals surface area contributed by atoms with Gasteiger partial charge in [0, 0.05) is 6.20 Å². The first-order chi connectivity index (χ1) is 10.1. The first-order valence-electron chi connectivity index (χ1n) is 6.24. The van der Waals surface area contributed by atoms with E-state index in [1.54, 1.807) is 6.20 Å². The summed E-state index contributed by atoms with van der Waals surface area (Å²) < 4.78 is 10.7. The number of methoxy groups -OCH3 is 1. The Morgan fingerprint density at radius 2 is 2.14 bits per heavy atom. The molecule has 0 saturated heterocycles. The summed E-state index contributed by atoms with van der Waals surface area (Å²) in [6, 6.07) is 6.76. The van der Waals surface area contributed by atoms with E-state index >= 15 is 0 Å². The number of ether oxygens (including phenoxy) is 2. The summed E-state index contributed by atoms with van der Waals surface area (Å²) in [4.78, 5) is 16.2. The van der Waals surface area contributed by atoms with Gasteiger partial charge in [-0.1, -0.05) is 23.7 Å². The molecule has 1 unspecified atom stereocenters. The van der Waals surface area contributed by atoms with E-state index in [1.807, 2.05) is 24.3 Å². The first kappa shape index (κ1) is 15.8. The number of carbonyl (C=O) groups excluding carboxylic acids is 1. The molecule has 0 radical (unpaired) electrons. The Morgan fingerprint density at radius 3 is 2.71 bits per heavy atom. The summed E-state index contributed by atoms with van der Waals surface area (Å²) in [6.45, 7) is 0.422. The lowest BCUT2D eigenvalue weighted by atomic mass is 10.1. The van der Waals surface area contributed by atoms with Crippen LogP contribution in [-0.2, 0) is 22.6 Å². The topological polar surface area (TPSA) is 74.4 Å². The molecule has 21 heavy (non-hydrogen) atoms. The molecule has 112 valence electrons.